The van der Waals surface area contributed by atoms with E-state index in [1.54, 1.807) is 29.5 Å². The van der Waals surface area contributed by atoms with E-state index in [-0.39, 0.29) is 6.61 Å². The van der Waals surface area contributed by atoms with E-state index in [4.69, 9.17) is 24.7 Å². The van der Waals surface area contributed by atoms with Crippen LogP contribution >= 0.6 is 11.3 Å². The number of aromatic nitrogens is 2. The van der Waals surface area contributed by atoms with Crippen LogP contribution in [0, 0.1) is 0 Å². The number of hydrogen-bond acceptors (Lipinski definition) is 9. The second kappa shape index (κ2) is 10.1. The molecule has 9 heteroatoms. The third-order valence-electron chi connectivity index (χ3n) is 5.58. The van der Waals surface area contributed by atoms with Gasteiger partial charge in [-0.3, -0.25) is 0 Å². The van der Waals surface area contributed by atoms with Crippen LogP contribution in [0.25, 0.3) is 16.3 Å². The molecule has 0 amide bonds. The van der Waals surface area contributed by atoms with E-state index in [2.05, 4.69) is 9.97 Å². The van der Waals surface area contributed by atoms with Crippen molar-refractivity contribution in [1.29, 1.82) is 0 Å². The molecule has 1 aliphatic carbocycles. The third-order valence-corrected chi connectivity index (χ3v) is 6.77. The lowest BCUT2D eigenvalue weighted by Crippen LogP contribution is -2.06. The van der Waals surface area contributed by atoms with Crippen molar-refractivity contribution in [3.63, 3.8) is 0 Å². The SMILES string of the molecule is COc1cc(/C=C/C(=O)OCc2nc(N)c3c4c(sc3n2)CCCCC4)cc(OC)c1OC. The van der Waals surface area contributed by atoms with Gasteiger partial charge in [-0.25, -0.2) is 14.8 Å². The van der Waals surface area contributed by atoms with Gasteiger partial charge >= 0.3 is 5.97 Å². The lowest BCUT2D eigenvalue weighted by atomic mass is 10.1. The van der Waals surface area contributed by atoms with Crippen molar-refractivity contribution >= 4 is 39.4 Å². The van der Waals surface area contributed by atoms with Gasteiger partial charge in [0.2, 0.25) is 5.75 Å². The van der Waals surface area contributed by atoms with E-state index in [0.717, 1.165) is 29.5 Å². The Morgan fingerprint density at radius 3 is 2.48 bits per heavy atom. The Kier molecular flexibility index (Phi) is 6.98. The molecule has 33 heavy (non-hydrogen) atoms. The van der Waals surface area contributed by atoms with Crippen LogP contribution in [-0.2, 0) is 29.0 Å². The normalized spacial score (nSPS) is 13.5. The van der Waals surface area contributed by atoms with Crippen LogP contribution in [0.15, 0.2) is 18.2 Å². The molecule has 0 saturated heterocycles. The monoisotopic (exact) mass is 469 g/mol. The van der Waals surface area contributed by atoms with Gasteiger partial charge in [-0.1, -0.05) is 6.42 Å². The first-order valence-corrected chi connectivity index (χ1v) is 11.6. The van der Waals surface area contributed by atoms with Crippen LogP contribution < -0.4 is 19.9 Å². The van der Waals surface area contributed by atoms with Gasteiger partial charge in [0.15, 0.2) is 23.9 Å². The summed E-state index contributed by atoms with van der Waals surface area (Å²) >= 11 is 1.67. The van der Waals surface area contributed by atoms with Crippen LogP contribution in [0.5, 0.6) is 17.2 Å². The zero-order valence-corrected chi connectivity index (χ0v) is 19.8. The second-order valence-corrected chi connectivity index (χ2v) is 8.75. The number of methoxy groups -OCH3 is 3. The molecule has 0 unspecified atom stereocenters. The molecule has 2 N–H and O–H groups in total. The fourth-order valence-electron chi connectivity index (χ4n) is 4.02. The zero-order chi connectivity index (χ0) is 23.4. The molecular weight excluding hydrogens is 442 g/mol. The third kappa shape index (κ3) is 4.88. The number of rotatable bonds is 7. The van der Waals surface area contributed by atoms with Crippen LogP contribution in [0.4, 0.5) is 5.82 Å². The molecule has 0 spiro atoms. The van der Waals surface area contributed by atoms with Gasteiger partial charge in [-0.05, 0) is 55.0 Å². The molecule has 1 aliphatic rings. The van der Waals surface area contributed by atoms with Crippen LogP contribution in [0.1, 0.15) is 41.1 Å². The molecule has 0 aliphatic heterocycles. The van der Waals surface area contributed by atoms with E-state index in [1.165, 1.54) is 50.7 Å². The minimum atomic E-state index is -0.520. The van der Waals surface area contributed by atoms with E-state index >= 15 is 0 Å². The average molecular weight is 470 g/mol. The van der Waals surface area contributed by atoms with Gasteiger partial charge in [0.05, 0.1) is 26.7 Å². The molecule has 174 valence electrons. The summed E-state index contributed by atoms with van der Waals surface area (Å²) in [7, 11) is 4.60. The van der Waals surface area contributed by atoms with Crippen molar-refractivity contribution in [2.24, 2.45) is 0 Å². The Labute approximate surface area is 196 Å². The minimum absolute atomic E-state index is 0.0544. The van der Waals surface area contributed by atoms with Crippen molar-refractivity contribution in [1.82, 2.24) is 9.97 Å². The summed E-state index contributed by atoms with van der Waals surface area (Å²) < 4.78 is 21.3. The van der Waals surface area contributed by atoms with Crippen LogP contribution in [0.3, 0.4) is 0 Å². The standard InChI is InChI=1S/C24H27N3O5S/c1-29-16-11-14(12-17(30-2)22(16)31-3)9-10-20(28)32-13-19-26-23(25)21-15-7-5-4-6-8-18(15)33-24(21)27-19/h9-12H,4-8,13H2,1-3H3,(H2,25,26,27)/b10-9+. The highest BCUT2D eigenvalue weighted by molar-refractivity contribution is 7.19. The Bertz CT molecular complexity index is 1180. The average Bonchev–Trinajstić information content (AvgIpc) is 3.02. The van der Waals surface area contributed by atoms with Crippen molar-refractivity contribution < 1.29 is 23.7 Å². The summed E-state index contributed by atoms with van der Waals surface area (Å²) in [6.07, 6.45) is 8.61. The topological polar surface area (TPSA) is 106 Å². The predicted molar refractivity (Wildman–Crippen MR) is 128 cm³/mol. The molecule has 0 radical (unpaired) electrons. The molecule has 8 nitrogen and oxygen atoms in total. The number of nitrogens with zero attached hydrogens (tertiary/aromatic N) is 2. The summed E-state index contributed by atoms with van der Waals surface area (Å²) in [5.74, 6) is 1.81. The molecule has 2 aromatic heterocycles. The van der Waals surface area contributed by atoms with Crippen molar-refractivity contribution in [3.8, 4) is 17.2 Å². The fraction of sp³-hybridized carbons (Fsp3) is 0.375. The first kappa shape index (κ1) is 22.8. The number of carbonyl (C=O) groups is 1. The Morgan fingerprint density at radius 2 is 1.79 bits per heavy atom. The van der Waals surface area contributed by atoms with Gasteiger partial charge in [-0.2, -0.15) is 0 Å². The Hall–Kier alpha value is -3.33. The van der Waals surface area contributed by atoms with E-state index in [9.17, 15) is 4.79 Å². The first-order chi connectivity index (χ1) is 16.0. The molecule has 0 bridgehead atoms. The van der Waals surface area contributed by atoms with E-state index in [1.807, 2.05) is 0 Å². The number of nitrogen functional groups attached to an aromatic ring is 1. The zero-order valence-electron chi connectivity index (χ0n) is 19.0. The molecule has 2 heterocycles. The molecule has 4 rings (SSSR count). The van der Waals surface area contributed by atoms with E-state index in [0.29, 0.717) is 34.5 Å². The van der Waals surface area contributed by atoms with Crippen LogP contribution in [0.2, 0.25) is 0 Å². The summed E-state index contributed by atoms with van der Waals surface area (Å²) in [6.45, 7) is -0.0544. The largest absolute Gasteiger partial charge is 0.493 e. The van der Waals surface area contributed by atoms with Crippen molar-refractivity contribution in [2.75, 3.05) is 27.1 Å². The second-order valence-electron chi connectivity index (χ2n) is 7.67. The quantitative estimate of drug-likeness (QED) is 0.310. The van der Waals surface area contributed by atoms with Gasteiger partial charge in [0, 0.05) is 11.0 Å². The maximum absolute atomic E-state index is 12.3. The molecule has 1 aromatic carbocycles. The lowest BCUT2D eigenvalue weighted by molar-refractivity contribution is -0.139. The highest BCUT2D eigenvalue weighted by Crippen LogP contribution is 2.39. The molecule has 0 atom stereocenters. The van der Waals surface area contributed by atoms with Gasteiger partial charge in [0.1, 0.15) is 10.6 Å². The Morgan fingerprint density at radius 1 is 1.06 bits per heavy atom. The maximum Gasteiger partial charge on any atom is 0.331 e. The minimum Gasteiger partial charge on any atom is -0.493 e. The van der Waals surface area contributed by atoms with Gasteiger partial charge in [0.25, 0.3) is 0 Å². The number of fused-ring (bicyclic) bond motifs is 3. The number of carbonyl (C=O) groups excluding carboxylic acids is 1. The summed E-state index contributed by atoms with van der Waals surface area (Å²) in [5, 5.41) is 0.967. The first-order valence-electron chi connectivity index (χ1n) is 10.8. The number of hydrogen-bond donors (Lipinski definition) is 1. The molecule has 3 aromatic rings. The molecule has 0 saturated carbocycles. The maximum atomic E-state index is 12.3. The Balaban J connectivity index is 1.46. The highest BCUT2D eigenvalue weighted by atomic mass is 32.1. The number of benzene rings is 1. The highest BCUT2D eigenvalue weighted by Gasteiger charge is 2.19. The summed E-state index contributed by atoms with van der Waals surface area (Å²) in [6, 6.07) is 3.48. The smallest absolute Gasteiger partial charge is 0.331 e. The van der Waals surface area contributed by atoms with E-state index < -0.39 is 5.97 Å². The number of esters is 1. The predicted octanol–water partition coefficient (Wildman–Crippen LogP) is 4.32. The molecular formula is C24H27N3O5S. The number of ether oxygens (including phenoxy) is 4. The lowest BCUT2D eigenvalue weighted by Gasteiger charge is -2.12. The van der Waals surface area contributed by atoms with Gasteiger partial charge < -0.3 is 24.7 Å². The van der Waals surface area contributed by atoms with Crippen LogP contribution in [-0.4, -0.2) is 37.3 Å². The summed E-state index contributed by atoms with van der Waals surface area (Å²) in [5.41, 5.74) is 8.25. The van der Waals surface area contributed by atoms with Crippen molar-refractivity contribution in [3.05, 3.63) is 40.0 Å². The fourth-order valence-corrected chi connectivity index (χ4v) is 5.31. The number of aryl methyl sites for hydroxylation is 2. The van der Waals surface area contributed by atoms with Gasteiger partial charge in [-0.15, -0.1) is 11.3 Å². The number of nitrogens with two attached hydrogens (primary N) is 1. The molecule has 0 fully saturated rings. The summed E-state index contributed by atoms with van der Waals surface area (Å²) in [4.78, 5) is 23.5. The van der Waals surface area contributed by atoms with Crippen molar-refractivity contribution in [2.45, 2.75) is 38.7 Å². The number of thiophene rings is 1. The number of anilines is 1.